The fourth-order valence-electron chi connectivity index (χ4n) is 2.13. The first-order valence-corrected chi connectivity index (χ1v) is 6.35. The van der Waals surface area contributed by atoms with E-state index in [0.29, 0.717) is 24.1 Å². The van der Waals surface area contributed by atoms with Crippen LogP contribution in [0.1, 0.15) is 24.8 Å². The molecule has 1 fully saturated rings. The molecule has 3 N–H and O–H groups in total. The van der Waals surface area contributed by atoms with Gasteiger partial charge in [0.25, 0.3) is 0 Å². The quantitative estimate of drug-likeness (QED) is 0.745. The number of rotatable bonds is 5. The molecule has 0 heterocycles. The summed E-state index contributed by atoms with van der Waals surface area (Å²) in [6, 6.07) is 8.65. The standard InChI is InChI=1S/C14H15N3O3/c15-8-10-4-1-2-5-11(10)17-12(18)9-16-14(13(19)20)6-3-7-14/h1-2,4-5,16H,3,6-7,9H2,(H,17,18)(H,19,20). The molecule has 6 heteroatoms. The first kappa shape index (κ1) is 14.0. The Labute approximate surface area is 116 Å². The Hall–Kier alpha value is -2.39. The van der Waals surface area contributed by atoms with Crippen molar-refractivity contribution >= 4 is 17.6 Å². The Morgan fingerprint density at radius 3 is 2.60 bits per heavy atom. The van der Waals surface area contributed by atoms with E-state index in [-0.39, 0.29) is 12.5 Å². The molecule has 0 aliphatic heterocycles. The number of carbonyl (C=O) groups is 2. The van der Waals surface area contributed by atoms with Crippen LogP contribution in [0.15, 0.2) is 24.3 Å². The van der Waals surface area contributed by atoms with E-state index in [1.54, 1.807) is 24.3 Å². The zero-order valence-corrected chi connectivity index (χ0v) is 10.8. The Bertz CT molecular complexity index is 573. The van der Waals surface area contributed by atoms with Gasteiger partial charge in [-0.05, 0) is 31.4 Å². The summed E-state index contributed by atoms with van der Waals surface area (Å²) in [5, 5.41) is 23.4. The molecule has 2 rings (SSSR count). The minimum absolute atomic E-state index is 0.0912. The number of carboxylic acids is 1. The molecular formula is C14H15N3O3. The maximum absolute atomic E-state index is 11.8. The van der Waals surface area contributed by atoms with Crippen molar-refractivity contribution in [3.8, 4) is 6.07 Å². The lowest BCUT2D eigenvalue weighted by atomic mass is 9.77. The molecule has 0 atom stereocenters. The number of nitrogens with zero attached hydrogens (tertiary/aromatic N) is 1. The predicted molar refractivity (Wildman–Crippen MR) is 72.0 cm³/mol. The number of para-hydroxylation sites is 1. The summed E-state index contributed by atoms with van der Waals surface area (Å²) in [6.07, 6.45) is 1.91. The predicted octanol–water partition coefficient (Wildman–Crippen LogP) is 1.09. The molecule has 1 aromatic rings. The molecule has 0 spiro atoms. The van der Waals surface area contributed by atoms with Crippen molar-refractivity contribution in [2.45, 2.75) is 24.8 Å². The number of amides is 1. The second kappa shape index (κ2) is 5.72. The van der Waals surface area contributed by atoms with Gasteiger partial charge in [-0.25, -0.2) is 0 Å². The smallest absolute Gasteiger partial charge is 0.323 e. The second-order valence-electron chi connectivity index (χ2n) is 4.80. The van der Waals surface area contributed by atoms with Gasteiger partial charge in [0.2, 0.25) is 5.91 Å². The van der Waals surface area contributed by atoms with Crippen molar-refractivity contribution < 1.29 is 14.7 Å². The van der Waals surface area contributed by atoms with E-state index in [4.69, 9.17) is 10.4 Å². The summed E-state index contributed by atoms with van der Waals surface area (Å²) in [6.45, 7) is -0.0912. The van der Waals surface area contributed by atoms with E-state index in [1.807, 2.05) is 6.07 Å². The van der Waals surface area contributed by atoms with E-state index in [2.05, 4.69) is 10.6 Å². The van der Waals surface area contributed by atoms with E-state index in [9.17, 15) is 9.59 Å². The van der Waals surface area contributed by atoms with Gasteiger partial charge in [-0.3, -0.25) is 14.9 Å². The number of nitrogens with one attached hydrogen (secondary N) is 2. The average Bonchev–Trinajstić information content (AvgIpc) is 2.37. The normalized spacial score (nSPS) is 15.8. The number of carbonyl (C=O) groups excluding carboxylic acids is 1. The first-order valence-electron chi connectivity index (χ1n) is 6.35. The Morgan fingerprint density at radius 1 is 1.35 bits per heavy atom. The molecule has 20 heavy (non-hydrogen) atoms. The summed E-state index contributed by atoms with van der Waals surface area (Å²) in [5.74, 6) is -1.28. The molecule has 1 aliphatic carbocycles. The van der Waals surface area contributed by atoms with Crippen LogP contribution < -0.4 is 10.6 Å². The maximum atomic E-state index is 11.8. The molecule has 0 aromatic heterocycles. The molecule has 1 aliphatic rings. The fraction of sp³-hybridized carbons (Fsp3) is 0.357. The zero-order chi connectivity index (χ0) is 14.6. The lowest BCUT2D eigenvalue weighted by molar-refractivity contribution is -0.148. The van der Waals surface area contributed by atoms with Crippen LogP contribution in [0.5, 0.6) is 0 Å². The molecule has 0 saturated heterocycles. The molecule has 104 valence electrons. The highest BCUT2D eigenvalue weighted by atomic mass is 16.4. The van der Waals surface area contributed by atoms with Crippen LogP contribution in [0.2, 0.25) is 0 Å². The van der Waals surface area contributed by atoms with Crippen LogP contribution in [0, 0.1) is 11.3 Å². The third-order valence-electron chi connectivity index (χ3n) is 3.53. The zero-order valence-electron chi connectivity index (χ0n) is 10.8. The van der Waals surface area contributed by atoms with E-state index >= 15 is 0 Å². The Morgan fingerprint density at radius 2 is 2.05 bits per heavy atom. The Balaban J connectivity index is 1.93. The summed E-state index contributed by atoms with van der Waals surface area (Å²) in [5.41, 5.74) is -0.163. The lowest BCUT2D eigenvalue weighted by Gasteiger charge is -2.38. The SMILES string of the molecule is N#Cc1ccccc1NC(=O)CNC1(C(=O)O)CCC1. The van der Waals surface area contributed by atoms with Crippen molar-refractivity contribution in [3.63, 3.8) is 0 Å². The monoisotopic (exact) mass is 273 g/mol. The van der Waals surface area contributed by atoms with E-state index < -0.39 is 11.5 Å². The molecule has 1 saturated carbocycles. The number of hydrogen-bond donors (Lipinski definition) is 3. The highest BCUT2D eigenvalue weighted by Gasteiger charge is 2.44. The first-order chi connectivity index (χ1) is 9.57. The van der Waals surface area contributed by atoms with Gasteiger partial charge in [0.1, 0.15) is 11.6 Å². The van der Waals surface area contributed by atoms with Crippen molar-refractivity contribution in [2.24, 2.45) is 0 Å². The van der Waals surface area contributed by atoms with Crippen LogP contribution in [-0.2, 0) is 9.59 Å². The third-order valence-corrected chi connectivity index (χ3v) is 3.53. The summed E-state index contributed by atoms with van der Waals surface area (Å²) in [4.78, 5) is 23.0. The summed E-state index contributed by atoms with van der Waals surface area (Å²) in [7, 11) is 0. The van der Waals surface area contributed by atoms with Crippen LogP contribution in [0.4, 0.5) is 5.69 Å². The summed E-state index contributed by atoms with van der Waals surface area (Å²) >= 11 is 0. The van der Waals surface area contributed by atoms with Gasteiger partial charge in [0.15, 0.2) is 0 Å². The molecular weight excluding hydrogens is 258 g/mol. The number of hydrogen-bond acceptors (Lipinski definition) is 4. The average molecular weight is 273 g/mol. The molecule has 1 amide bonds. The molecule has 6 nitrogen and oxygen atoms in total. The topological polar surface area (TPSA) is 102 Å². The number of aliphatic carboxylic acids is 1. The Kier molecular flexibility index (Phi) is 4.01. The van der Waals surface area contributed by atoms with Gasteiger partial charge in [0.05, 0.1) is 17.8 Å². The van der Waals surface area contributed by atoms with Crippen LogP contribution in [0.3, 0.4) is 0 Å². The van der Waals surface area contributed by atoms with Gasteiger partial charge < -0.3 is 10.4 Å². The van der Waals surface area contributed by atoms with Crippen molar-refractivity contribution in [2.75, 3.05) is 11.9 Å². The molecule has 0 bridgehead atoms. The van der Waals surface area contributed by atoms with Gasteiger partial charge in [0, 0.05) is 0 Å². The van der Waals surface area contributed by atoms with E-state index in [1.165, 1.54) is 0 Å². The number of anilines is 1. The largest absolute Gasteiger partial charge is 0.480 e. The van der Waals surface area contributed by atoms with Gasteiger partial charge >= 0.3 is 5.97 Å². The minimum atomic E-state index is -0.966. The van der Waals surface area contributed by atoms with Crippen LogP contribution in [-0.4, -0.2) is 29.1 Å². The minimum Gasteiger partial charge on any atom is -0.480 e. The van der Waals surface area contributed by atoms with Crippen LogP contribution in [0.25, 0.3) is 0 Å². The van der Waals surface area contributed by atoms with E-state index in [0.717, 1.165) is 6.42 Å². The number of nitriles is 1. The van der Waals surface area contributed by atoms with Crippen molar-refractivity contribution in [1.82, 2.24) is 5.32 Å². The number of carboxylic acid groups (broad SMARTS) is 1. The van der Waals surface area contributed by atoms with Gasteiger partial charge in [-0.15, -0.1) is 0 Å². The highest BCUT2D eigenvalue weighted by molar-refractivity contribution is 5.94. The maximum Gasteiger partial charge on any atom is 0.323 e. The number of benzene rings is 1. The molecule has 1 aromatic carbocycles. The van der Waals surface area contributed by atoms with Crippen LogP contribution >= 0.6 is 0 Å². The van der Waals surface area contributed by atoms with Crippen molar-refractivity contribution in [3.05, 3.63) is 29.8 Å². The van der Waals surface area contributed by atoms with Gasteiger partial charge in [-0.1, -0.05) is 12.1 Å². The molecule has 0 radical (unpaired) electrons. The van der Waals surface area contributed by atoms with Crippen molar-refractivity contribution in [1.29, 1.82) is 5.26 Å². The highest BCUT2D eigenvalue weighted by Crippen LogP contribution is 2.31. The van der Waals surface area contributed by atoms with Gasteiger partial charge in [-0.2, -0.15) is 5.26 Å². The summed E-state index contributed by atoms with van der Waals surface area (Å²) < 4.78 is 0. The lowest BCUT2D eigenvalue weighted by Crippen LogP contribution is -2.58. The fourth-order valence-corrected chi connectivity index (χ4v) is 2.13. The molecule has 0 unspecified atom stereocenters. The second-order valence-corrected chi connectivity index (χ2v) is 4.80. The third kappa shape index (κ3) is 2.78.